The summed E-state index contributed by atoms with van der Waals surface area (Å²) in [5.41, 5.74) is 8.70. The number of rotatable bonds is 2. The van der Waals surface area contributed by atoms with Gasteiger partial charge in [-0.25, -0.2) is 4.57 Å². The van der Waals surface area contributed by atoms with E-state index in [1.807, 2.05) is 62.6 Å². The number of pyridine rings is 1. The second kappa shape index (κ2) is 6.86. The van der Waals surface area contributed by atoms with E-state index >= 15 is 0 Å². The van der Waals surface area contributed by atoms with E-state index in [0.29, 0.717) is 5.56 Å². The van der Waals surface area contributed by atoms with Crippen molar-refractivity contribution in [1.29, 1.82) is 5.26 Å². The molecule has 0 N–H and O–H groups in total. The van der Waals surface area contributed by atoms with Crippen molar-refractivity contribution in [2.75, 3.05) is 0 Å². The van der Waals surface area contributed by atoms with Gasteiger partial charge >= 0.3 is 0 Å². The molecule has 0 atom stereocenters. The Kier molecular flexibility index (Phi) is 4.15. The molecule has 0 saturated heterocycles. The smallest absolute Gasteiger partial charge is 0.216 e. The number of aryl methyl sites for hydroxylation is 3. The Labute approximate surface area is 175 Å². The lowest BCUT2D eigenvalue weighted by atomic mass is 9.94. The molecule has 0 aliphatic heterocycles. The van der Waals surface area contributed by atoms with Gasteiger partial charge in [0, 0.05) is 34.0 Å². The quantitative estimate of drug-likeness (QED) is 0.336. The summed E-state index contributed by atoms with van der Waals surface area (Å²) < 4.78 is 8.71. The zero-order chi connectivity index (χ0) is 20.8. The van der Waals surface area contributed by atoms with Gasteiger partial charge in [0.2, 0.25) is 5.69 Å². The van der Waals surface area contributed by atoms with Gasteiger partial charge in [0.1, 0.15) is 18.2 Å². The third-order valence-corrected chi connectivity index (χ3v) is 5.85. The molecular formula is C27H21N2O+. The van der Waals surface area contributed by atoms with Crippen LogP contribution in [0.3, 0.4) is 0 Å². The van der Waals surface area contributed by atoms with Gasteiger partial charge in [-0.15, -0.1) is 0 Å². The molecule has 0 amide bonds. The number of hydrogen-bond acceptors (Lipinski definition) is 2. The van der Waals surface area contributed by atoms with Crippen molar-refractivity contribution in [2.24, 2.45) is 7.05 Å². The second-order valence-electron chi connectivity index (χ2n) is 7.72. The fourth-order valence-electron chi connectivity index (χ4n) is 4.38. The highest BCUT2D eigenvalue weighted by Crippen LogP contribution is 2.41. The minimum atomic E-state index is 0.661. The molecule has 0 unspecified atom stereocenters. The minimum absolute atomic E-state index is 0.661. The van der Waals surface area contributed by atoms with Crippen LogP contribution in [0.5, 0.6) is 0 Å². The van der Waals surface area contributed by atoms with Gasteiger partial charge in [0.05, 0.1) is 17.2 Å². The molecule has 5 rings (SSSR count). The zero-order valence-corrected chi connectivity index (χ0v) is 17.2. The number of para-hydroxylation sites is 1. The van der Waals surface area contributed by atoms with Crippen molar-refractivity contribution in [3.8, 4) is 28.5 Å². The fourth-order valence-corrected chi connectivity index (χ4v) is 4.38. The van der Waals surface area contributed by atoms with Crippen LogP contribution in [-0.2, 0) is 7.05 Å². The Balaban J connectivity index is 1.91. The number of aromatic nitrogens is 1. The van der Waals surface area contributed by atoms with E-state index in [0.717, 1.165) is 49.9 Å². The predicted octanol–water partition coefficient (Wildman–Crippen LogP) is 6.23. The maximum Gasteiger partial charge on any atom is 0.216 e. The lowest BCUT2D eigenvalue weighted by Crippen LogP contribution is -2.30. The molecule has 0 spiro atoms. The summed E-state index contributed by atoms with van der Waals surface area (Å²) >= 11 is 0. The van der Waals surface area contributed by atoms with Crippen LogP contribution in [0.1, 0.15) is 16.7 Å². The average molecular weight is 389 g/mol. The Bertz CT molecular complexity index is 1480. The summed E-state index contributed by atoms with van der Waals surface area (Å²) in [6.07, 6.45) is 2.05. The second-order valence-corrected chi connectivity index (χ2v) is 7.72. The third kappa shape index (κ3) is 2.62. The summed E-state index contributed by atoms with van der Waals surface area (Å²) in [6.45, 7) is 4.15. The summed E-state index contributed by atoms with van der Waals surface area (Å²) in [6, 6.07) is 24.8. The summed E-state index contributed by atoms with van der Waals surface area (Å²) in [7, 11) is 2.05. The maximum absolute atomic E-state index is 9.69. The van der Waals surface area contributed by atoms with Gasteiger partial charge in [0.25, 0.3) is 0 Å². The van der Waals surface area contributed by atoms with Crippen molar-refractivity contribution < 1.29 is 8.98 Å². The molecule has 0 fully saturated rings. The standard InChI is InChI=1S/C27H21N2O/c1-17-8-6-9-19(16-28)24(17)22-11-7-10-20-21-14-13-18(2)25(27(21)30-26(20)22)23-12-4-5-15-29(23)3/h4-15H,1-3H3/q+1. The highest BCUT2D eigenvalue weighted by Gasteiger charge is 2.22. The Morgan fingerprint density at radius 1 is 0.767 bits per heavy atom. The summed E-state index contributed by atoms with van der Waals surface area (Å²) in [5, 5.41) is 11.8. The first-order chi connectivity index (χ1) is 14.6. The van der Waals surface area contributed by atoms with Gasteiger partial charge in [-0.1, -0.05) is 42.5 Å². The van der Waals surface area contributed by atoms with Gasteiger partial charge in [-0.05, 0) is 37.1 Å². The van der Waals surface area contributed by atoms with Crippen LogP contribution in [0.15, 0.2) is 77.3 Å². The maximum atomic E-state index is 9.69. The number of benzene rings is 3. The van der Waals surface area contributed by atoms with Crippen LogP contribution in [0.25, 0.3) is 44.3 Å². The number of nitrogens with zero attached hydrogens (tertiary/aromatic N) is 2. The molecule has 0 saturated carbocycles. The van der Waals surface area contributed by atoms with E-state index in [9.17, 15) is 5.26 Å². The van der Waals surface area contributed by atoms with Crippen LogP contribution in [0.2, 0.25) is 0 Å². The number of nitriles is 1. The Morgan fingerprint density at radius 2 is 1.53 bits per heavy atom. The Morgan fingerprint density at radius 3 is 2.33 bits per heavy atom. The lowest BCUT2D eigenvalue weighted by molar-refractivity contribution is -0.660. The van der Waals surface area contributed by atoms with Crippen molar-refractivity contribution in [3.63, 3.8) is 0 Å². The van der Waals surface area contributed by atoms with Crippen molar-refractivity contribution in [3.05, 3.63) is 89.6 Å². The molecule has 3 heteroatoms. The largest absolute Gasteiger partial charge is 0.454 e. The first-order valence-corrected chi connectivity index (χ1v) is 10.00. The topological polar surface area (TPSA) is 40.8 Å². The van der Waals surface area contributed by atoms with Crippen molar-refractivity contribution in [2.45, 2.75) is 13.8 Å². The van der Waals surface area contributed by atoms with E-state index in [2.05, 4.69) is 41.8 Å². The zero-order valence-electron chi connectivity index (χ0n) is 17.2. The molecule has 3 nitrogen and oxygen atoms in total. The fraction of sp³-hybridized carbons (Fsp3) is 0.111. The van der Waals surface area contributed by atoms with E-state index in [-0.39, 0.29) is 0 Å². The van der Waals surface area contributed by atoms with Gasteiger partial charge in [-0.2, -0.15) is 5.26 Å². The normalized spacial score (nSPS) is 11.1. The summed E-state index contributed by atoms with van der Waals surface area (Å²) in [4.78, 5) is 0. The highest BCUT2D eigenvalue weighted by atomic mass is 16.3. The molecule has 144 valence electrons. The first-order valence-electron chi connectivity index (χ1n) is 10.00. The lowest BCUT2D eigenvalue weighted by Gasteiger charge is -2.08. The van der Waals surface area contributed by atoms with E-state index in [1.165, 1.54) is 5.56 Å². The molecular weight excluding hydrogens is 368 g/mol. The molecule has 2 aromatic heterocycles. The van der Waals surface area contributed by atoms with Crippen LogP contribution in [0.4, 0.5) is 0 Å². The molecule has 2 heterocycles. The molecule has 5 aromatic rings. The predicted molar refractivity (Wildman–Crippen MR) is 120 cm³/mol. The number of fused-ring (bicyclic) bond motifs is 3. The first kappa shape index (κ1) is 18.1. The molecule has 0 bridgehead atoms. The molecule has 0 aliphatic rings. The third-order valence-electron chi connectivity index (χ3n) is 5.85. The molecule has 0 radical (unpaired) electrons. The van der Waals surface area contributed by atoms with E-state index in [1.54, 1.807) is 0 Å². The molecule has 30 heavy (non-hydrogen) atoms. The molecule has 3 aromatic carbocycles. The van der Waals surface area contributed by atoms with E-state index < -0.39 is 0 Å². The number of furan rings is 1. The minimum Gasteiger partial charge on any atom is -0.454 e. The van der Waals surface area contributed by atoms with Gasteiger partial charge in [0.15, 0.2) is 6.20 Å². The van der Waals surface area contributed by atoms with Gasteiger partial charge < -0.3 is 4.42 Å². The number of hydrogen-bond donors (Lipinski definition) is 0. The SMILES string of the molecule is Cc1cccc(C#N)c1-c1cccc2c1oc1c(-c3cccc[n+]3C)c(C)ccc12. The van der Waals surface area contributed by atoms with Crippen molar-refractivity contribution >= 4 is 21.9 Å². The molecule has 0 aliphatic carbocycles. The summed E-state index contributed by atoms with van der Waals surface area (Å²) in [5.74, 6) is 0. The van der Waals surface area contributed by atoms with Crippen LogP contribution >= 0.6 is 0 Å². The van der Waals surface area contributed by atoms with E-state index in [4.69, 9.17) is 4.42 Å². The highest BCUT2D eigenvalue weighted by molar-refractivity contribution is 6.13. The monoisotopic (exact) mass is 389 g/mol. The van der Waals surface area contributed by atoms with Gasteiger partial charge in [-0.3, -0.25) is 0 Å². The van der Waals surface area contributed by atoms with Crippen LogP contribution < -0.4 is 4.57 Å². The average Bonchev–Trinajstić information content (AvgIpc) is 3.13. The Hall–Kier alpha value is -3.90. The van der Waals surface area contributed by atoms with Crippen LogP contribution in [0, 0.1) is 25.2 Å². The van der Waals surface area contributed by atoms with Crippen LogP contribution in [-0.4, -0.2) is 0 Å². The van der Waals surface area contributed by atoms with Crippen molar-refractivity contribution in [1.82, 2.24) is 0 Å².